The Kier molecular flexibility index (Phi) is 8.12. The van der Waals surface area contributed by atoms with Gasteiger partial charge in [-0.2, -0.15) is 0 Å². The monoisotopic (exact) mass is 702 g/mol. The van der Waals surface area contributed by atoms with Crippen molar-refractivity contribution in [2.24, 2.45) is 5.92 Å². The lowest BCUT2D eigenvalue weighted by atomic mass is 9.82. The fourth-order valence-electron chi connectivity index (χ4n) is 8.34. The van der Waals surface area contributed by atoms with Crippen LogP contribution >= 0.6 is 0 Å². The van der Waals surface area contributed by atoms with Crippen LogP contribution < -0.4 is 10.5 Å². The van der Waals surface area contributed by atoms with Gasteiger partial charge in [-0.1, -0.05) is 72.8 Å². The fraction of sp³-hybridized carbons (Fsp3) is 0.282. The van der Waals surface area contributed by atoms with Crippen molar-refractivity contribution in [3.8, 4) is 5.69 Å². The van der Waals surface area contributed by atoms with Gasteiger partial charge in [-0.15, -0.1) is 5.10 Å². The number of aromatic amines is 1. The van der Waals surface area contributed by atoms with Gasteiger partial charge in [0.2, 0.25) is 8.41 Å². The highest BCUT2D eigenvalue weighted by atomic mass is 28.4. The quantitative estimate of drug-likeness (QED) is 0.130. The van der Waals surface area contributed by atoms with Crippen molar-refractivity contribution in [1.29, 1.82) is 0 Å². The van der Waals surface area contributed by atoms with E-state index in [1.165, 1.54) is 4.68 Å². The maximum Gasteiger partial charge on any atom is 0.279 e. The number of H-pyrrole nitrogens is 1. The van der Waals surface area contributed by atoms with Crippen molar-refractivity contribution in [1.82, 2.24) is 24.8 Å². The molecular weight excluding hydrogens is 664 g/mol. The molecule has 10 nitrogen and oxygen atoms in total. The first-order valence-corrected chi connectivity index (χ1v) is 20.2. The van der Waals surface area contributed by atoms with E-state index < -0.39 is 31.6 Å². The largest absolute Gasteiger partial charge is 0.395 e. The van der Waals surface area contributed by atoms with Gasteiger partial charge in [-0.05, 0) is 67.5 Å². The molecule has 0 radical (unpaired) electrons. The number of carbonyl (C=O) groups is 1. The minimum atomic E-state index is -3.44. The number of nitrogens with one attached hydrogen (secondary N) is 1. The number of benzene rings is 4. The number of carbonyl (C=O) groups excluding carboxylic acids is 1. The predicted octanol–water partition coefficient (Wildman–Crippen LogP) is 6.58. The average molecular weight is 703 g/mol. The van der Waals surface area contributed by atoms with Crippen molar-refractivity contribution in [2.45, 2.75) is 56.1 Å². The highest BCUT2D eigenvalue weighted by molar-refractivity contribution is 6.72. The van der Waals surface area contributed by atoms with Crippen molar-refractivity contribution < 1.29 is 18.7 Å². The standard InChI is InChI=1S/C39H39FN6O4Si/c1-25-36(51(2,3)40)35(20-21-44-23-33(41-43-44)30(24-47)26-12-6-4-7-13-26)50-39(25)31-22-28(46-37(48)29-16-10-11-17-32(29)42-46)18-19-34(31)45(38(39)49)27-14-8-5-9-15-27/h4-19,22-23,25,30,35-36,42,47H,20-21,24H2,1-3H3/t25-,30?,35+,36-,39+/m1/s1. The van der Waals surface area contributed by atoms with E-state index in [1.54, 1.807) is 28.7 Å². The van der Waals surface area contributed by atoms with E-state index in [1.807, 2.05) is 110 Å². The molecule has 2 aromatic heterocycles. The summed E-state index contributed by atoms with van der Waals surface area (Å²) in [4.78, 5) is 30.1. The molecular formula is C39H39FN6O4Si. The number of nitrogens with zero attached hydrogens (tertiary/aromatic N) is 5. The molecule has 1 saturated heterocycles. The summed E-state index contributed by atoms with van der Waals surface area (Å²) >= 11 is 0. The Morgan fingerprint density at radius 2 is 1.67 bits per heavy atom. The third-order valence-corrected chi connectivity index (χ3v) is 13.1. The number of aromatic nitrogens is 5. The number of aliphatic hydroxyl groups excluding tert-OH is 1. The Balaban J connectivity index is 1.18. The number of rotatable bonds is 9. The molecule has 1 amide bonds. The number of anilines is 2. The first-order valence-electron chi connectivity index (χ1n) is 17.3. The molecule has 2 aliphatic rings. The van der Waals surface area contributed by atoms with Gasteiger partial charge < -0.3 is 14.0 Å². The second-order valence-corrected chi connectivity index (χ2v) is 17.9. The van der Waals surface area contributed by atoms with Crippen molar-refractivity contribution >= 4 is 36.6 Å². The maximum atomic E-state index is 16.6. The first-order chi connectivity index (χ1) is 24.6. The summed E-state index contributed by atoms with van der Waals surface area (Å²) in [5.74, 6) is -1.13. The van der Waals surface area contributed by atoms with Crippen LogP contribution in [0.2, 0.25) is 18.6 Å². The van der Waals surface area contributed by atoms with Gasteiger partial charge in [0.1, 0.15) is 0 Å². The molecule has 51 heavy (non-hydrogen) atoms. The SMILES string of the molecule is C[C@@H]1[C@@H]([Si](C)(C)F)[C@H](CCn2cc(C(CO)c3ccccc3)nn2)O[C@@]12C(=O)N(c1ccccc1)c1ccc(-n3[nH]c4ccccc4c3=O)cc12. The normalized spacial score (nSPS) is 22.3. The summed E-state index contributed by atoms with van der Waals surface area (Å²) in [6.45, 7) is 5.54. The van der Waals surface area contributed by atoms with Gasteiger partial charge in [0, 0.05) is 35.5 Å². The third kappa shape index (κ3) is 5.36. The van der Waals surface area contributed by atoms with E-state index in [0.29, 0.717) is 52.2 Å². The van der Waals surface area contributed by atoms with Crippen LogP contribution in [0.15, 0.2) is 114 Å². The minimum Gasteiger partial charge on any atom is -0.395 e. The summed E-state index contributed by atoms with van der Waals surface area (Å²) < 4.78 is 26.7. The summed E-state index contributed by atoms with van der Waals surface area (Å²) in [6, 6.07) is 31.8. The van der Waals surface area contributed by atoms with Crippen molar-refractivity contribution in [3.63, 3.8) is 0 Å². The van der Waals surface area contributed by atoms with Gasteiger partial charge in [0.15, 0.2) is 5.60 Å². The van der Waals surface area contributed by atoms with Gasteiger partial charge in [0.05, 0.1) is 46.6 Å². The van der Waals surface area contributed by atoms with Gasteiger partial charge in [0.25, 0.3) is 11.5 Å². The van der Waals surface area contributed by atoms with Gasteiger partial charge in [-0.25, -0.2) is 4.68 Å². The van der Waals surface area contributed by atoms with Crippen molar-refractivity contribution in [2.75, 3.05) is 11.5 Å². The smallest absolute Gasteiger partial charge is 0.279 e. The molecule has 1 unspecified atom stereocenters. The summed E-state index contributed by atoms with van der Waals surface area (Å²) in [5.41, 5.74) is 2.51. The number of fused-ring (bicyclic) bond motifs is 3. The number of aliphatic hydroxyl groups is 1. The highest BCUT2D eigenvalue weighted by Gasteiger charge is 2.67. The second-order valence-electron chi connectivity index (χ2n) is 14.1. The number of hydrogen-bond donors (Lipinski definition) is 2. The van der Waals surface area contributed by atoms with Crippen LogP contribution in [-0.4, -0.2) is 56.9 Å². The Hall–Kier alpha value is -5.17. The van der Waals surface area contributed by atoms with Crippen LogP contribution in [-0.2, 0) is 21.7 Å². The van der Waals surface area contributed by atoms with Crippen LogP contribution in [0.1, 0.15) is 36.1 Å². The zero-order valence-electron chi connectivity index (χ0n) is 28.6. The summed E-state index contributed by atoms with van der Waals surface area (Å²) in [6.07, 6.45) is 1.60. The number of halogens is 1. The van der Waals surface area contributed by atoms with Crippen molar-refractivity contribution in [3.05, 3.63) is 136 Å². The molecule has 260 valence electrons. The molecule has 12 heteroatoms. The number of amides is 1. The zero-order valence-corrected chi connectivity index (χ0v) is 29.6. The number of aryl methyl sites for hydroxylation is 1. The molecule has 8 rings (SSSR count). The molecule has 6 aromatic rings. The second kappa shape index (κ2) is 12.6. The number of para-hydroxylation sites is 2. The van der Waals surface area contributed by atoms with E-state index in [2.05, 4.69) is 15.4 Å². The molecule has 4 aromatic carbocycles. The lowest BCUT2D eigenvalue weighted by Crippen LogP contribution is -2.44. The van der Waals surface area contributed by atoms with Crippen LogP contribution in [0.5, 0.6) is 0 Å². The van der Waals surface area contributed by atoms with E-state index in [0.717, 1.165) is 5.56 Å². The molecule has 5 atom stereocenters. The first kappa shape index (κ1) is 33.0. The molecule has 4 heterocycles. The Bertz CT molecular complexity index is 2280. The number of hydrogen-bond acceptors (Lipinski definition) is 6. The third-order valence-electron chi connectivity index (χ3n) is 10.7. The van der Waals surface area contributed by atoms with Gasteiger partial charge in [-0.3, -0.25) is 24.3 Å². The zero-order chi connectivity index (χ0) is 35.5. The minimum absolute atomic E-state index is 0.121. The van der Waals surface area contributed by atoms with E-state index in [-0.39, 0.29) is 24.0 Å². The average Bonchev–Trinajstić information content (AvgIpc) is 3.88. The Morgan fingerprint density at radius 3 is 2.37 bits per heavy atom. The molecule has 1 fully saturated rings. The summed E-state index contributed by atoms with van der Waals surface area (Å²) in [7, 11) is -3.44. The Labute approximate surface area is 295 Å². The topological polar surface area (TPSA) is 118 Å². The van der Waals surface area contributed by atoms with E-state index in [4.69, 9.17) is 4.74 Å². The molecule has 0 bridgehead atoms. The van der Waals surface area contributed by atoms with Gasteiger partial charge >= 0.3 is 0 Å². The van der Waals surface area contributed by atoms with E-state index in [9.17, 15) is 14.7 Å². The molecule has 2 N–H and O–H groups in total. The highest BCUT2D eigenvalue weighted by Crippen LogP contribution is 2.61. The lowest BCUT2D eigenvalue weighted by molar-refractivity contribution is -0.145. The molecule has 1 spiro atoms. The Morgan fingerprint density at radius 1 is 0.961 bits per heavy atom. The maximum absolute atomic E-state index is 16.6. The molecule has 0 saturated carbocycles. The fourth-order valence-corrected chi connectivity index (χ4v) is 10.9. The predicted molar refractivity (Wildman–Crippen MR) is 196 cm³/mol. The van der Waals surface area contributed by atoms with Crippen LogP contribution in [0.4, 0.5) is 15.5 Å². The van der Waals surface area contributed by atoms with E-state index >= 15 is 4.11 Å². The summed E-state index contributed by atoms with van der Waals surface area (Å²) in [5, 5.41) is 22.6. The van der Waals surface area contributed by atoms with Crippen LogP contribution in [0.3, 0.4) is 0 Å². The van der Waals surface area contributed by atoms with Crippen LogP contribution in [0, 0.1) is 5.92 Å². The molecule has 0 aliphatic carbocycles. The lowest BCUT2D eigenvalue weighted by Gasteiger charge is -2.31. The molecule has 2 aliphatic heterocycles. The number of ether oxygens (including phenoxy) is 1. The van der Waals surface area contributed by atoms with Crippen LogP contribution in [0.25, 0.3) is 16.6 Å².